The number of hydrogen-bond donors (Lipinski definition) is 2. The van der Waals surface area contributed by atoms with Gasteiger partial charge in [-0.3, -0.25) is 13.9 Å². The van der Waals surface area contributed by atoms with Crippen molar-refractivity contribution < 1.29 is 27.9 Å². The summed E-state index contributed by atoms with van der Waals surface area (Å²) < 4.78 is 38.9. The van der Waals surface area contributed by atoms with Crippen LogP contribution in [-0.4, -0.2) is 56.9 Å². The van der Waals surface area contributed by atoms with E-state index in [-0.39, 0.29) is 31.0 Å². The highest BCUT2D eigenvalue weighted by Crippen LogP contribution is 2.46. The van der Waals surface area contributed by atoms with Gasteiger partial charge in [-0.25, -0.2) is 19.5 Å². The minimum absolute atomic E-state index is 0.0211. The Labute approximate surface area is 234 Å². The zero-order valence-electron chi connectivity index (χ0n) is 23.8. The molecule has 4 rings (SSSR count). The molecule has 1 aliphatic rings. The number of benzene rings is 1. The van der Waals surface area contributed by atoms with Crippen LogP contribution in [-0.2, 0) is 23.4 Å². The van der Waals surface area contributed by atoms with Gasteiger partial charge in [-0.05, 0) is 45.2 Å². The molecule has 218 valence electrons. The van der Waals surface area contributed by atoms with E-state index >= 15 is 0 Å². The van der Waals surface area contributed by atoms with Crippen molar-refractivity contribution in [2.24, 2.45) is 11.8 Å². The lowest BCUT2D eigenvalue weighted by Gasteiger charge is -2.24. The Morgan fingerprint density at radius 2 is 1.90 bits per heavy atom. The minimum Gasteiger partial charge on any atom is -0.462 e. The van der Waals surface area contributed by atoms with Gasteiger partial charge in [0.2, 0.25) is 0 Å². The van der Waals surface area contributed by atoms with Crippen molar-refractivity contribution in [2.45, 2.75) is 72.4 Å². The number of nitrogens with one attached hydrogen (secondary N) is 2. The fourth-order valence-electron chi connectivity index (χ4n) is 4.35. The third-order valence-electron chi connectivity index (χ3n) is 6.22. The summed E-state index contributed by atoms with van der Waals surface area (Å²) in [6.45, 7) is 12.1. The maximum absolute atomic E-state index is 13.8. The van der Waals surface area contributed by atoms with E-state index in [9.17, 15) is 9.36 Å². The number of fused-ring (bicyclic) bond motifs is 1. The summed E-state index contributed by atoms with van der Waals surface area (Å²) in [5.41, 5.74) is 1.34. The van der Waals surface area contributed by atoms with Crippen molar-refractivity contribution in [2.75, 3.05) is 18.5 Å². The summed E-state index contributed by atoms with van der Waals surface area (Å²) in [5.74, 6) is 1.00. The van der Waals surface area contributed by atoms with Gasteiger partial charge in [0.05, 0.1) is 25.1 Å². The number of hydrogen-bond acceptors (Lipinski definition) is 10. The van der Waals surface area contributed by atoms with E-state index in [1.165, 1.54) is 6.33 Å². The highest BCUT2D eigenvalue weighted by atomic mass is 31.2. The van der Waals surface area contributed by atoms with Crippen LogP contribution in [0.1, 0.15) is 54.2 Å². The highest BCUT2D eigenvalue weighted by Gasteiger charge is 2.38. The summed E-state index contributed by atoms with van der Waals surface area (Å²) in [7, 11) is -3.99. The first kappa shape index (κ1) is 29.9. The van der Waals surface area contributed by atoms with Gasteiger partial charge in [-0.1, -0.05) is 39.0 Å². The normalized spacial score (nSPS) is 21.4. The molecule has 40 heavy (non-hydrogen) atoms. The highest BCUT2D eigenvalue weighted by molar-refractivity contribution is 7.52. The Morgan fingerprint density at radius 1 is 1.15 bits per heavy atom. The van der Waals surface area contributed by atoms with E-state index in [1.54, 1.807) is 51.4 Å². The van der Waals surface area contributed by atoms with Crippen LogP contribution in [0.25, 0.3) is 11.2 Å². The lowest BCUT2D eigenvalue weighted by atomic mass is 10.1. The Morgan fingerprint density at radius 3 is 2.60 bits per heavy atom. The number of carbonyl (C=O) groups is 1. The maximum Gasteiger partial charge on any atom is 0.459 e. The lowest BCUT2D eigenvalue weighted by Crippen LogP contribution is -2.36. The molecule has 0 spiro atoms. The summed E-state index contributed by atoms with van der Waals surface area (Å²) in [6.07, 6.45) is 2.81. The topological polar surface area (TPSA) is 139 Å². The number of esters is 1. The van der Waals surface area contributed by atoms with Crippen molar-refractivity contribution in [1.29, 1.82) is 0 Å². The number of anilines is 1. The molecule has 1 aromatic carbocycles. The molecular formula is C27H39N6O6P. The molecule has 5 atom stereocenters. The molecule has 0 amide bonds. The lowest BCUT2D eigenvalue weighted by molar-refractivity contribution is -0.149. The second kappa shape index (κ2) is 13.1. The quantitative estimate of drug-likeness (QED) is 0.212. The summed E-state index contributed by atoms with van der Waals surface area (Å²) in [4.78, 5) is 25.8. The van der Waals surface area contributed by atoms with Gasteiger partial charge in [-0.15, -0.1) is 0 Å². The van der Waals surface area contributed by atoms with Crippen LogP contribution in [0.3, 0.4) is 0 Å². The number of aromatic nitrogens is 4. The van der Waals surface area contributed by atoms with E-state index in [0.29, 0.717) is 35.1 Å². The molecular weight excluding hydrogens is 535 g/mol. The molecule has 1 aliphatic heterocycles. The number of carbonyl (C=O) groups excluding carboxylic acids is 1. The van der Waals surface area contributed by atoms with Gasteiger partial charge in [0.15, 0.2) is 17.0 Å². The minimum atomic E-state index is -3.99. The monoisotopic (exact) mass is 574 g/mol. The van der Waals surface area contributed by atoms with Crippen molar-refractivity contribution in [3.8, 4) is 5.75 Å². The van der Waals surface area contributed by atoms with Crippen LogP contribution in [0.2, 0.25) is 0 Å². The Kier molecular flexibility index (Phi) is 9.78. The van der Waals surface area contributed by atoms with E-state index in [2.05, 4.69) is 46.1 Å². The van der Waals surface area contributed by atoms with Crippen LogP contribution in [0, 0.1) is 11.8 Å². The summed E-state index contributed by atoms with van der Waals surface area (Å²) in [5, 5.41) is 6.04. The molecule has 3 heterocycles. The second-order valence-corrected chi connectivity index (χ2v) is 12.4. The van der Waals surface area contributed by atoms with Crippen molar-refractivity contribution in [1.82, 2.24) is 24.6 Å². The van der Waals surface area contributed by atoms with Crippen molar-refractivity contribution in [3.63, 3.8) is 0 Å². The fourth-order valence-corrected chi connectivity index (χ4v) is 5.87. The van der Waals surface area contributed by atoms with E-state index in [4.69, 9.17) is 18.5 Å². The average Bonchev–Trinajstić information content (AvgIpc) is 3.49. The number of rotatable bonds is 13. The molecule has 0 saturated carbocycles. The molecule has 2 N–H and O–H groups in total. The fraction of sp³-hybridized carbons (Fsp3) is 0.556. The molecule has 0 bridgehead atoms. The van der Waals surface area contributed by atoms with Gasteiger partial charge in [0.1, 0.15) is 24.3 Å². The van der Waals surface area contributed by atoms with Crippen LogP contribution < -0.4 is 14.9 Å². The van der Waals surface area contributed by atoms with Crippen molar-refractivity contribution in [3.05, 3.63) is 43.0 Å². The van der Waals surface area contributed by atoms with E-state index in [1.807, 2.05) is 10.6 Å². The van der Waals surface area contributed by atoms with Gasteiger partial charge in [-0.2, -0.15) is 5.09 Å². The molecule has 1 saturated heterocycles. The smallest absolute Gasteiger partial charge is 0.459 e. The Hall–Kier alpha value is -3.05. The van der Waals surface area contributed by atoms with Gasteiger partial charge < -0.3 is 19.3 Å². The van der Waals surface area contributed by atoms with Crippen LogP contribution in [0.4, 0.5) is 5.82 Å². The number of imidazole rings is 1. The first-order valence-electron chi connectivity index (χ1n) is 13.6. The molecule has 0 aliphatic carbocycles. The summed E-state index contributed by atoms with van der Waals surface area (Å²) >= 11 is 0. The van der Waals surface area contributed by atoms with E-state index in [0.717, 1.165) is 6.54 Å². The van der Waals surface area contributed by atoms with Gasteiger partial charge in [0, 0.05) is 12.5 Å². The Bertz CT molecular complexity index is 1320. The summed E-state index contributed by atoms with van der Waals surface area (Å²) in [6, 6.07) is 7.72. The third-order valence-corrected chi connectivity index (χ3v) is 7.86. The zero-order chi connectivity index (χ0) is 28.9. The predicted octanol–water partition coefficient (Wildman–Crippen LogP) is 4.95. The van der Waals surface area contributed by atoms with Crippen LogP contribution in [0.5, 0.6) is 5.75 Å². The zero-order valence-corrected chi connectivity index (χ0v) is 24.7. The SMILES string of the molecule is CC(C)CNc1ncnc2c1ncn2[C@@H]1O[C@H](CO[P@](=O)(N[C@@H](C)C(=O)OC(C)C)Oc2ccccc2)C[C@@H]1C. The average molecular weight is 575 g/mol. The first-order chi connectivity index (χ1) is 19.0. The predicted molar refractivity (Wildman–Crippen MR) is 151 cm³/mol. The molecule has 0 unspecified atom stereocenters. The van der Waals surface area contributed by atoms with Crippen LogP contribution >= 0.6 is 7.75 Å². The molecule has 2 aromatic heterocycles. The van der Waals surface area contributed by atoms with Crippen molar-refractivity contribution >= 4 is 30.7 Å². The largest absolute Gasteiger partial charge is 0.462 e. The third kappa shape index (κ3) is 7.57. The van der Waals surface area contributed by atoms with E-state index < -0.39 is 19.8 Å². The molecule has 3 aromatic rings. The molecule has 12 nitrogen and oxygen atoms in total. The van der Waals surface area contributed by atoms with Gasteiger partial charge >= 0.3 is 13.7 Å². The first-order valence-corrected chi connectivity index (χ1v) is 15.1. The van der Waals surface area contributed by atoms with Gasteiger partial charge in [0.25, 0.3) is 0 Å². The molecule has 13 heteroatoms. The second-order valence-electron chi connectivity index (χ2n) is 10.7. The van der Waals surface area contributed by atoms with Crippen LogP contribution in [0.15, 0.2) is 43.0 Å². The number of para-hydroxylation sites is 1. The number of nitrogens with zero attached hydrogens (tertiary/aromatic N) is 4. The molecule has 1 fully saturated rings. The Balaban J connectivity index is 1.46. The standard InChI is InChI=1S/C27H39N6O6P/c1-17(2)13-28-24-23-25(30-15-29-24)33(16-31-23)26-19(5)12-22(38-26)14-36-40(35,39-21-10-8-7-9-11-21)32-20(6)27(34)37-18(3)4/h7-11,15-20,22,26H,12-14H2,1-6H3,(H,32,35)(H,28,29,30)/t19-,20-,22-,26+,40+/m0/s1. The maximum atomic E-state index is 13.8. The number of ether oxygens (including phenoxy) is 2. The molecule has 0 radical (unpaired) electrons.